The van der Waals surface area contributed by atoms with Crippen molar-refractivity contribution in [2.24, 2.45) is 0 Å². The molecule has 0 fully saturated rings. The highest BCUT2D eigenvalue weighted by molar-refractivity contribution is 7.00. The predicted octanol–water partition coefficient (Wildman–Crippen LogP) is 10.1. The first kappa shape index (κ1) is 27.6. The van der Waals surface area contributed by atoms with Gasteiger partial charge in [0.15, 0.2) is 5.82 Å². The normalized spacial score (nSPS) is 18.0. The highest BCUT2D eigenvalue weighted by atomic mass is 32.1. The lowest BCUT2D eigenvalue weighted by atomic mass is 9.76. The molecule has 3 heterocycles. The number of anilines is 2. The zero-order valence-corrected chi connectivity index (χ0v) is 26.5. The maximum Gasteiger partial charge on any atom is 0.160 e. The van der Waals surface area contributed by atoms with Gasteiger partial charge in [-0.15, -0.1) is 0 Å². The number of nitrogens with zero attached hydrogens (tertiary/aromatic N) is 5. The molecule has 1 aliphatic heterocycles. The third-order valence-corrected chi connectivity index (χ3v) is 9.99. The average molecular weight is 624 g/mol. The lowest BCUT2D eigenvalue weighted by Crippen LogP contribution is -2.39. The van der Waals surface area contributed by atoms with Gasteiger partial charge >= 0.3 is 0 Å². The molecular formula is C41H29N5S. The molecule has 224 valence electrons. The maximum atomic E-state index is 5.00. The van der Waals surface area contributed by atoms with Gasteiger partial charge in [-0.3, -0.25) is 0 Å². The van der Waals surface area contributed by atoms with Crippen LogP contribution in [0.4, 0.5) is 11.4 Å². The first-order valence-electron chi connectivity index (χ1n) is 15.8. The van der Waals surface area contributed by atoms with E-state index < -0.39 is 0 Å². The van der Waals surface area contributed by atoms with Crippen LogP contribution in [0.2, 0.25) is 0 Å². The van der Waals surface area contributed by atoms with Crippen LogP contribution in [0, 0.1) is 0 Å². The van der Waals surface area contributed by atoms with E-state index in [9.17, 15) is 0 Å². The molecule has 6 heteroatoms. The summed E-state index contributed by atoms with van der Waals surface area (Å²) in [7, 11) is 0. The molecule has 0 bridgehead atoms. The van der Waals surface area contributed by atoms with Gasteiger partial charge in [0.25, 0.3) is 0 Å². The molecule has 0 radical (unpaired) electrons. The summed E-state index contributed by atoms with van der Waals surface area (Å²) in [5.41, 5.74) is 12.7. The van der Waals surface area contributed by atoms with E-state index >= 15 is 0 Å². The van der Waals surface area contributed by atoms with Crippen LogP contribution in [0.25, 0.3) is 56.1 Å². The second-order valence-corrected chi connectivity index (χ2v) is 12.8. The van der Waals surface area contributed by atoms with Crippen molar-refractivity contribution in [3.05, 3.63) is 157 Å². The molecule has 47 heavy (non-hydrogen) atoms. The lowest BCUT2D eigenvalue weighted by molar-refractivity contribution is 0.551. The zero-order valence-electron chi connectivity index (χ0n) is 25.7. The molecular weight excluding hydrogens is 595 g/mol. The highest BCUT2D eigenvalue weighted by Crippen LogP contribution is 2.52. The standard InChI is InChI=1S/C41H29N5S/c1-41-23-9-8-14-39(41)46(38-26-37-36(24-33(38)41)44-47-45-37)32-21-19-28(20-22-32)27-15-17-30(18-16-27)35-25-34(29-10-4-2-5-11-29)42-40(43-35)31-12-6-3-7-13-31/h2-26,39H,1H3. The van der Waals surface area contributed by atoms with Crippen LogP contribution < -0.4 is 4.90 Å². The molecule has 0 saturated carbocycles. The van der Waals surface area contributed by atoms with Crippen LogP contribution in [0.5, 0.6) is 0 Å². The lowest BCUT2D eigenvalue weighted by Gasteiger charge is -2.34. The van der Waals surface area contributed by atoms with Crippen molar-refractivity contribution in [2.75, 3.05) is 4.90 Å². The summed E-state index contributed by atoms with van der Waals surface area (Å²) >= 11 is 1.27. The van der Waals surface area contributed by atoms with E-state index in [0.717, 1.165) is 56.2 Å². The smallest absolute Gasteiger partial charge is 0.160 e. The van der Waals surface area contributed by atoms with Crippen LogP contribution in [0.3, 0.4) is 0 Å². The Morgan fingerprint density at radius 2 is 1.17 bits per heavy atom. The quantitative estimate of drug-likeness (QED) is 0.191. The number of rotatable bonds is 5. The van der Waals surface area contributed by atoms with Crippen molar-refractivity contribution in [3.63, 3.8) is 0 Å². The minimum Gasteiger partial charge on any atom is -0.333 e. The number of hydrogen-bond acceptors (Lipinski definition) is 6. The molecule has 5 aromatic carbocycles. The zero-order chi connectivity index (χ0) is 31.4. The van der Waals surface area contributed by atoms with Crippen molar-refractivity contribution in [3.8, 4) is 45.0 Å². The summed E-state index contributed by atoms with van der Waals surface area (Å²) in [6, 6.07) is 44.7. The Hall–Kier alpha value is -5.72. The second kappa shape index (κ2) is 11.0. The van der Waals surface area contributed by atoms with Crippen LogP contribution >= 0.6 is 11.7 Å². The molecule has 2 aromatic heterocycles. The summed E-state index contributed by atoms with van der Waals surface area (Å²) in [5.74, 6) is 0.719. The molecule has 2 unspecified atom stereocenters. The van der Waals surface area contributed by atoms with Gasteiger partial charge < -0.3 is 4.90 Å². The molecule has 5 nitrogen and oxygen atoms in total. The van der Waals surface area contributed by atoms with E-state index in [1.807, 2.05) is 36.4 Å². The van der Waals surface area contributed by atoms with Gasteiger partial charge in [-0.1, -0.05) is 121 Å². The number of allylic oxidation sites excluding steroid dienone is 2. The third-order valence-electron chi connectivity index (χ3n) is 9.44. The van der Waals surface area contributed by atoms with Crippen molar-refractivity contribution in [1.82, 2.24) is 18.7 Å². The van der Waals surface area contributed by atoms with E-state index in [1.165, 1.54) is 28.5 Å². The average Bonchev–Trinajstić information content (AvgIpc) is 3.71. The van der Waals surface area contributed by atoms with Gasteiger partial charge in [0.05, 0.1) is 29.2 Å². The fraction of sp³-hybridized carbons (Fsp3) is 0.0732. The van der Waals surface area contributed by atoms with Gasteiger partial charge in [-0.2, -0.15) is 8.75 Å². The Kier molecular flexibility index (Phi) is 6.44. The Morgan fingerprint density at radius 3 is 1.85 bits per heavy atom. The number of hydrogen-bond donors (Lipinski definition) is 0. The highest BCUT2D eigenvalue weighted by Gasteiger charge is 2.46. The second-order valence-electron chi connectivity index (χ2n) is 12.3. The minimum absolute atomic E-state index is 0.141. The minimum atomic E-state index is -0.141. The van der Waals surface area contributed by atoms with E-state index in [4.69, 9.17) is 9.97 Å². The molecule has 0 N–H and O–H groups in total. The summed E-state index contributed by atoms with van der Waals surface area (Å²) in [6.07, 6.45) is 8.94. The molecule has 7 aromatic rings. The van der Waals surface area contributed by atoms with Crippen molar-refractivity contribution >= 4 is 34.1 Å². The van der Waals surface area contributed by atoms with Crippen LogP contribution in [-0.4, -0.2) is 24.8 Å². The number of fused-ring (bicyclic) bond motifs is 4. The SMILES string of the molecule is CC12C=CC=CC1N(c1ccc(-c3ccc(-c4cc(-c5ccccc5)nc(-c5ccccc5)n4)cc3)cc1)c1cc3nsnc3cc12. The topological polar surface area (TPSA) is 54.8 Å². The van der Waals surface area contributed by atoms with Gasteiger partial charge in [0, 0.05) is 33.5 Å². The largest absolute Gasteiger partial charge is 0.333 e. The van der Waals surface area contributed by atoms with Gasteiger partial charge in [-0.25, -0.2) is 9.97 Å². The molecule has 2 aliphatic rings. The maximum absolute atomic E-state index is 5.00. The van der Waals surface area contributed by atoms with E-state index in [1.54, 1.807) is 0 Å². The van der Waals surface area contributed by atoms with Crippen LogP contribution in [0.1, 0.15) is 12.5 Å². The molecule has 0 spiro atoms. The molecule has 2 atom stereocenters. The van der Waals surface area contributed by atoms with E-state index in [0.29, 0.717) is 0 Å². The fourth-order valence-electron chi connectivity index (χ4n) is 6.94. The molecule has 9 rings (SSSR count). The number of aromatic nitrogens is 4. The first-order chi connectivity index (χ1) is 23.1. The summed E-state index contributed by atoms with van der Waals surface area (Å²) in [6.45, 7) is 2.32. The first-order valence-corrected chi connectivity index (χ1v) is 16.5. The Labute approximate surface area is 277 Å². The fourth-order valence-corrected chi connectivity index (χ4v) is 7.45. The Balaban J connectivity index is 1.05. The number of benzene rings is 5. The summed E-state index contributed by atoms with van der Waals surface area (Å²) in [5, 5.41) is 0. The van der Waals surface area contributed by atoms with Crippen LogP contribution in [0.15, 0.2) is 152 Å². The van der Waals surface area contributed by atoms with Crippen LogP contribution in [-0.2, 0) is 5.41 Å². The monoisotopic (exact) mass is 623 g/mol. The summed E-state index contributed by atoms with van der Waals surface area (Å²) < 4.78 is 9.08. The van der Waals surface area contributed by atoms with E-state index in [2.05, 4.69) is 136 Å². The predicted molar refractivity (Wildman–Crippen MR) is 193 cm³/mol. The molecule has 0 amide bonds. The van der Waals surface area contributed by atoms with Crippen molar-refractivity contribution in [1.29, 1.82) is 0 Å². The molecule has 1 aliphatic carbocycles. The Morgan fingerprint density at radius 1 is 0.596 bits per heavy atom. The van der Waals surface area contributed by atoms with Gasteiger partial charge in [0.2, 0.25) is 0 Å². The third kappa shape index (κ3) is 4.68. The van der Waals surface area contributed by atoms with E-state index in [-0.39, 0.29) is 11.5 Å². The summed E-state index contributed by atoms with van der Waals surface area (Å²) in [4.78, 5) is 12.4. The Bertz CT molecular complexity index is 2250. The van der Waals surface area contributed by atoms with Gasteiger partial charge in [0.1, 0.15) is 11.0 Å². The van der Waals surface area contributed by atoms with Gasteiger partial charge in [-0.05, 0) is 53.9 Å². The van der Waals surface area contributed by atoms with Crippen molar-refractivity contribution < 1.29 is 0 Å². The molecule has 0 saturated heterocycles. The van der Waals surface area contributed by atoms with Crippen molar-refractivity contribution in [2.45, 2.75) is 18.4 Å².